The fraction of sp³-hybridized carbons (Fsp3) is 0.529. The molecule has 20 heavy (non-hydrogen) atoms. The van der Waals surface area contributed by atoms with Crippen molar-refractivity contribution < 1.29 is 9.47 Å². The summed E-state index contributed by atoms with van der Waals surface area (Å²) in [5.41, 5.74) is 2.47. The smallest absolute Gasteiger partial charge is 0.161 e. The van der Waals surface area contributed by atoms with Gasteiger partial charge in [0.1, 0.15) is 0 Å². The molecule has 0 N–H and O–H groups in total. The van der Waals surface area contributed by atoms with Crippen molar-refractivity contribution in [2.24, 2.45) is 5.92 Å². The number of methoxy groups -OCH3 is 2. The molecule has 3 heteroatoms. The van der Waals surface area contributed by atoms with Gasteiger partial charge in [0.15, 0.2) is 11.5 Å². The van der Waals surface area contributed by atoms with Crippen molar-refractivity contribution in [3.05, 3.63) is 29.3 Å². The Balaban J connectivity index is 2.22. The van der Waals surface area contributed by atoms with Crippen molar-refractivity contribution in [1.29, 1.82) is 0 Å². The Bertz CT molecular complexity index is 462. The number of rotatable bonds is 5. The van der Waals surface area contributed by atoms with Gasteiger partial charge in [-0.15, -0.1) is 11.6 Å². The Morgan fingerprint density at radius 1 is 1.15 bits per heavy atom. The molecule has 0 unspecified atom stereocenters. The molecule has 0 spiro atoms. The standard InChI is InChI=1S/C17H23ClO2/c1-19-16-9-8-13(11-17(16)20-2)10-15(12-18)14-6-4-3-5-7-14/h8-11,14H,3-7,12H2,1-2H3/b15-10-. The van der Waals surface area contributed by atoms with Crippen molar-refractivity contribution in [2.45, 2.75) is 32.1 Å². The molecule has 110 valence electrons. The van der Waals surface area contributed by atoms with Crippen molar-refractivity contribution in [1.82, 2.24) is 0 Å². The first-order valence-corrected chi connectivity index (χ1v) is 7.80. The summed E-state index contributed by atoms with van der Waals surface area (Å²) in [6.07, 6.45) is 8.76. The summed E-state index contributed by atoms with van der Waals surface area (Å²) in [5.74, 6) is 2.78. The molecule has 2 nitrogen and oxygen atoms in total. The van der Waals surface area contributed by atoms with Crippen LogP contribution in [0.1, 0.15) is 37.7 Å². The van der Waals surface area contributed by atoms with E-state index in [-0.39, 0.29) is 0 Å². The summed E-state index contributed by atoms with van der Waals surface area (Å²) in [7, 11) is 3.31. The van der Waals surface area contributed by atoms with Crippen molar-refractivity contribution in [3.8, 4) is 11.5 Å². The van der Waals surface area contributed by atoms with Gasteiger partial charge in [0.2, 0.25) is 0 Å². The first kappa shape index (κ1) is 15.2. The van der Waals surface area contributed by atoms with Gasteiger partial charge in [-0.2, -0.15) is 0 Å². The minimum atomic E-state index is 0.610. The third kappa shape index (κ3) is 3.69. The topological polar surface area (TPSA) is 18.5 Å². The molecule has 0 atom stereocenters. The summed E-state index contributed by atoms with van der Waals surface area (Å²) < 4.78 is 10.6. The molecule has 1 fully saturated rings. The largest absolute Gasteiger partial charge is 0.493 e. The zero-order chi connectivity index (χ0) is 14.4. The number of alkyl halides is 1. The second-order valence-electron chi connectivity index (χ2n) is 5.30. The molecular formula is C17H23ClO2. The summed E-state index contributed by atoms with van der Waals surface area (Å²) in [5, 5.41) is 0. The molecule has 2 rings (SSSR count). The zero-order valence-corrected chi connectivity index (χ0v) is 13.1. The lowest BCUT2D eigenvalue weighted by atomic mass is 9.83. The van der Waals surface area contributed by atoms with E-state index in [0.29, 0.717) is 11.8 Å². The molecule has 1 aromatic rings. The Morgan fingerprint density at radius 3 is 2.45 bits per heavy atom. The normalized spacial score (nSPS) is 17.1. The van der Waals surface area contributed by atoms with Crippen LogP contribution in [0.15, 0.2) is 23.8 Å². The molecule has 1 aromatic carbocycles. The zero-order valence-electron chi connectivity index (χ0n) is 12.3. The summed E-state index contributed by atoms with van der Waals surface area (Å²) >= 11 is 6.16. The van der Waals surface area contributed by atoms with Gasteiger partial charge in [-0.25, -0.2) is 0 Å². The lowest BCUT2D eigenvalue weighted by Crippen LogP contribution is -2.10. The van der Waals surface area contributed by atoms with Crippen LogP contribution in [-0.2, 0) is 0 Å². The van der Waals surface area contributed by atoms with E-state index < -0.39 is 0 Å². The molecule has 0 amide bonds. The third-order valence-corrected chi connectivity index (χ3v) is 4.35. The predicted molar refractivity (Wildman–Crippen MR) is 84.8 cm³/mol. The maximum absolute atomic E-state index is 6.16. The third-order valence-electron chi connectivity index (χ3n) is 4.04. The van der Waals surface area contributed by atoms with Gasteiger partial charge in [0.05, 0.1) is 14.2 Å². The van der Waals surface area contributed by atoms with Gasteiger partial charge >= 0.3 is 0 Å². The average Bonchev–Trinajstić information content (AvgIpc) is 2.53. The Morgan fingerprint density at radius 2 is 1.85 bits per heavy atom. The lowest BCUT2D eigenvalue weighted by Gasteiger charge is -2.23. The van der Waals surface area contributed by atoms with Crippen molar-refractivity contribution in [3.63, 3.8) is 0 Å². The number of hydrogen-bond donors (Lipinski definition) is 0. The summed E-state index contributed by atoms with van der Waals surface area (Å²) in [6, 6.07) is 6.00. The van der Waals surface area contributed by atoms with Crippen LogP contribution in [0.2, 0.25) is 0 Å². The maximum atomic E-state index is 6.16. The minimum absolute atomic E-state index is 0.610. The molecule has 0 aromatic heterocycles. The molecule has 0 saturated heterocycles. The highest BCUT2D eigenvalue weighted by Gasteiger charge is 2.17. The SMILES string of the molecule is COc1ccc(/C=C(/CCl)C2CCCCC2)cc1OC. The number of ether oxygens (including phenoxy) is 2. The predicted octanol–water partition coefficient (Wildman–Crippen LogP) is 4.91. The quantitative estimate of drug-likeness (QED) is 0.719. The van der Waals surface area contributed by atoms with Crippen LogP contribution in [-0.4, -0.2) is 20.1 Å². The molecule has 0 bridgehead atoms. The van der Waals surface area contributed by atoms with Crippen LogP contribution in [0.4, 0.5) is 0 Å². The first-order chi connectivity index (χ1) is 9.78. The van der Waals surface area contributed by atoms with Gasteiger partial charge in [-0.1, -0.05) is 37.0 Å². The van der Waals surface area contributed by atoms with Gasteiger partial charge in [0, 0.05) is 5.88 Å². The van der Waals surface area contributed by atoms with Crippen molar-refractivity contribution in [2.75, 3.05) is 20.1 Å². The highest BCUT2D eigenvalue weighted by atomic mass is 35.5. The molecule has 0 radical (unpaired) electrons. The van der Waals surface area contributed by atoms with E-state index in [9.17, 15) is 0 Å². The number of hydrogen-bond acceptors (Lipinski definition) is 2. The molecule has 0 aliphatic heterocycles. The van der Waals surface area contributed by atoms with E-state index in [0.717, 1.165) is 17.1 Å². The van der Waals surface area contributed by atoms with Crippen molar-refractivity contribution >= 4 is 17.7 Å². The van der Waals surface area contributed by atoms with E-state index in [4.69, 9.17) is 21.1 Å². The van der Waals surface area contributed by atoms with Gasteiger partial charge in [0.25, 0.3) is 0 Å². The van der Waals surface area contributed by atoms with E-state index in [1.807, 2.05) is 12.1 Å². The fourth-order valence-corrected chi connectivity index (χ4v) is 3.19. The molecule has 0 heterocycles. The minimum Gasteiger partial charge on any atom is -0.493 e. The highest BCUT2D eigenvalue weighted by Crippen LogP contribution is 2.33. The van der Waals surface area contributed by atoms with Crippen LogP contribution in [0.3, 0.4) is 0 Å². The Labute approximate surface area is 126 Å². The summed E-state index contributed by atoms with van der Waals surface area (Å²) in [6.45, 7) is 0. The Hall–Kier alpha value is -1.15. The van der Waals surface area contributed by atoms with Crippen LogP contribution in [0, 0.1) is 5.92 Å². The second-order valence-corrected chi connectivity index (χ2v) is 5.57. The van der Waals surface area contributed by atoms with E-state index in [2.05, 4.69) is 12.1 Å². The Kier molecular flexibility index (Phi) is 5.78. The van der Waals surface area contributed by atoms with Gasteiger partial charge in [-0.3, -0.25) is 0 Å². The first-order valence-electron chi connectivity index (χ1n) is 7.27. The molecule has 1 aliphatic carbocycles. The van der Waals surface area contributed by atoms with Gasteiger partial charge in [-0.05, 0) is 36.5 Å². The fourth-order valence-electron chi connectivity index (χ4n) is 2.90. The number of allylic oxidation sites excluding steroid dienone is 1. The molecule has 1 aliphatic rings. The molecule has 1 saturated carbocycles. The second kappa shape index (κ2) is 7.58. The number of benzene rings is 1. The number of halogens is 1. The monoisotopic (exact) mass is 294 g/mol. The highest BCUT2D eigenvalue weighted by molar-refractivity contribution is 6.19. The van der Waals surface area contributed by atoms with Crippen LogP contribution in [0.25, 0.3) is 6.08 Å². The van der Waals surface area contributed by atoms with Gasteiger partial charge < -0.3 is 9.47 Å². The van der Waals surface area contributed by atoms with E-state index >= 15 is 0 Å². The van der Waals surface area contributed by atoms with Crippen LogP contribution < -0.4 is 9.47 Å². The van der Waals surface area contributed by atoms with E-state index in [1.54, 1.807) is 14.2 Å². The van der Waals surface area contributed by atoms with Crippen LogP contribution >= 0.6 is 11.6 Å². The lowest BCUT2D eigenvalue weighted by molar-refractivity contribution is 0.355. The maximum Gasteiger partial charge on any atom is 0.161 e. The van der Waals surface area contributed by atoms with Crippen LogP contribution in [0.5, 0.6) is 11.5 Å². The molecular weight excluding hydrogens is 272 g/mol. The average molecular weight is 295 g/mol. The van der Waals surface area contributed by atoms with E-state index in [1.165, 1.54) is 37.7 Å². The summed E-state index contributed by atoms with van der Waals surface area (Å²) in [4.78, 5) is 0.